The third-order valence-electron chi connectivity index (χ3n) is 11.5. The molecule has 4 aliphatic rings. The minimum atomic E-state index is -3.08. The molecular formula is C44H47F2N7O7. The number of likely N-dealkylation sites (tertiary alicyclic amines) is 2. The SMILES string of the molecule is COC(=O)N[C@H]1CCc2cccc3c2N(C1=O)[C@H](C(=O)N1CCC[C@H]1C(=O)Nc1ccc(-c2ccc(-c4cnc(C5CC(F)(F)CN5C(=O)OC(C)(C)C)[nH]4)cc2)cc1)C3. The maximum Gasteiger partial charge on any atom is 0.411 e. The Labute approximate surface area is 345 Å². The van der Waals surface area contributed by atoms with E-state index < -0.39 is 60.8 Å². The molecule has 8 rings (SSSR count). The number of hydrogen-bond acceptors (Lipinski definition) is 8. The molecule has 14 nitrogen and oxygen atoms in total. The molecule has 2 saturated heterocycles. The van der Waals surface area contributed by atoms with E-state index in [0.29, 0.717) is 55.7 Å². The van der Waals surface area contributed by atoms with Crippen LogP contribution in [-0.4, -0.2) is 99.5 Å². The zero-order valence-corrected chi connectivity index (χ0v) is 33.8. The Morgan fingerprint density at radius 1 is 0.900 bits per heavy atom. The number of rotatable bonds is 7. The molecule has 0 bridgehead atoms. The summed E-state index contributed by atoms with van der Waals surface area (Å²) in [6.07, 6.45) is 1.76. The molecule has 1 unspecified atom stereocenters. The van der Waals surface area contributed by atoms with Gasteiger partial charge in [-0.25, -0.2) is 23.4 Å². The second kappa shape index (κ2) is 15.7. The Balaban J connectivity index is 0.915. The summed E-state index contributed by atoms with van der Waals surface area (Å²) in [7, 11) is 1.23. The highest BCUT2D eigenvalue weighted by Crippen LogP contribution is 2.42. The number of nitrogens with one attached hydrogen (secondary N) is 3. The van der Waals surface area contributed by atoms with E-state index in [1.54, 1.807) is 44.0 Å². The van der Waals surface area contributed by atoms with Crippen LogP contribution in [0.2, 0.25) is 0 Å². The Hall–Kier alpha value is -6.32. The topological polar surface area (TPSA) is 166 Å². The number of carbonyl (C=O) groups is 5. The van der Waals surface area contributed by atoms with E-state index in [9.17, 15) is 32.8 Å². The Bertz CT molecular complexity index is 2330. The van der Waals surface area contributed by atoms with Crippen molar-refractivity contribution >= 4 is 41.3 Å². The van der Waals surface area contributed by atoms with Gasteiger partial charge in [0, 0.05) is 25.1 Å². The average Bonchev–Trinajstić information content (AvgIpc) is 4.02. The van der Waals surface area contributed by atoms with E-state index in [-0.39, 0.29) is 23.5 Å². The minimum absolute atomic E-state index is 0.248. The molecule has 4 aromatic rings. The molecule has 0 aliphatic carbocycles. The number of anilines is 2. The lowest BCUT2D eigenvalue weighted by atomic mass is 10.0. The monoisotopic (exact) mass is 823 g/mol. The quantitative estimate of drug-likeness (QED) is 0.187. The lowest BCUT2D eigenvalue weighted by Crippen LogP contribution is -2.56. The van der Waals surface area contributed by atoms with Gasteiger partial charge in [-0.1, -0.05) is 54.6 Å². The number of imidazole rings is 1. The summed E-state index contributed by atoms with van der Waals surface area (Å²) in [5, 5.41) is 5.60. The zero-order chi connectivity index (χ0) is 42.5. The number of benzene rings is 3. The number of amides is 5. The van der Waals surface area contributed by atoms with Crippen molar-refractivity contribution < 1.29 is 42.2 Å². The molecule has 1 aromatic heterocycles. The standard InChI is InChI=1S/C44H47F2N7O7/c1-43(2,3)60-42(58)52-24-44(45,46)22-35(52)37-47-23-32(49-37)27-12-10-25(11-13-27)26-14-17-30(18-15-26)48-38(54)33-9-6-20-51(33)40(56)34-21-29-8-5-7-28-16-19-31(50-41(57)59-4)39(55)53(34)36(28)29/h5,7-8,10-15,17-18,23,31,33-35H,6,9,16,19-22,24H2,1-4H3,(H,47,49)(H,48,54)(H,50,57)/t31-,33-,34-,35?/m0/s1. The molecule has 5 amide bonds. The van der Waals surface area contributed by atoms with Crippen LogP contribution >= 0.6 is 0 Å². The van der Waals surface area contributed by atoms with Crippen molar-refractivity contribution in [2.24, 2.45) is 0 Å². The number of para-hydroxylation sites is 1. The van der Waals surface area contributed by atoms with Crippen LogP contribution in [0.15, 0.2) is 72.9 Å². The first-order valence-electron chi connectivity index (χ1n) is 20.1. The first-order chi connectivity index (χ1) is 28.6. The van der Waals surface area contributed by atoms with Crippen molar-refractivity contribution in [3.05, 3.63) is 89.9 Å². The van der Waals surface area contributed by atoms with Gasteiger partial charge in [0.25, 0.3) is 5.92 Å². The first kappa shape index (κ1) is 40.5. The summed E-state index contributed by atoms with van der Waals surface area (Å²) < 4.78 is 39.2. The third-order valence-corrected chi connectivity index (χ3v) is 11.5. The number of methoxy groups -OCH3 is 1. The van der Waals surface area contributed by atoms with E-state index in [2.05, 4.69) is 20.6 Å². The molecule has 16 heteroatoms. The van der Waals surface area contributed by atoms with Crippen LogP contribution in [0.3, 0.4) is 0 Å². The lowest BCUT2D eigenvalue weighted by molar-refractivity contribution is -0.138. The van der Waals surface area contributed by atoms with Crippen LogP contribution < -0.4 is 15.5 Å². The molecule has 4 aliphatic heterocycles. The summed E-state index contributed by atoms with van der Waals surface area (Å²) >= 11 is 0. The first-order valence-corrected chi connectivity index (χ1v) is 20.1. The molecule has 3 aromatic carbocycles. The average molecular weight is 824 g/mol. The summed E-state index contributed by atoms with van der Waals surface area (Å²) in [5.41, 5.74) is 5.38. The third kappa shape index (κ3) is 8.02. The number of alkyl halides is 2. The number of aromatic amines is 1. The Morgan fingerprint density at radius 3 is 2.28 bits per heavy atom. The van der Waals surface area contributed by atoms with E-state index >= 15 is 0 Å². The van der Waals surface area contributed by atoms with Gasteiger partial charge in [-0.2, -0.15) is 0 Å². The summed E-state index contributed by atoms with van der Waals surface area (Å²) in [5.74, 6) is -3.84. The molecule has 0 radical (unpaired) electrons. The van der Waals surface area contributed by atoms with Gasteiger partial charge in [-0.3, -0.25) is 24.2 Å². The highest BCUT2D eigenvalue weighted by Gasteiger charge is 2.50. The van der Waals surface area contributed by atoms with Crippen LogP contribution in [-0.2, 0) is 36.7 Å². The van der Waals surface area contributed by atoms with Crippen molar-refractivity contribution in [3.8, 4) is 22.4 Å². The van der Waals surface area contributed by atoms with Gasteiger partial charge in [-0.15, -0.1) is 0 Å². The lowest BCUT2D eigenvalue weighted by Gasteiger charge is -2.32. The second-order valence-electron chi connectivity index (χ2n) is 16.8. The summed E-state index contributed by atoms with van der Waals surface area (Å²) in [6.45, 7) is 4.67. The van der Waals surface area contributed by atoms with Crippen LogP contribution in [0.5, 0.6) is 0 Å². The van der Waals surface area contributed by atoms with Crippen LogP contribution in [0.25, 0.3) is 22.4 Å². The number of hydrogen-bond donors (Lipinski definition) is 3. The molecule has 5 heterocycles. The highest BCUT2D eigenvalue weighted by atomic mass is 19.3. The molecular weight excluding hydrogens is 777 g/mol. The van der Waals surface area contributed by atoms with Crippen LogP contribution in [0, 0.1) is 0 Å². The van der Waals surface area contributed by atoms with Gasteiger partial charge in [0.15, 0.2) is 0 Å². The van der Waals surface area contributed by atoms with E-state index in [1.165, 1.54) is 12.0 Å². The summed E-state index contributed by atoms with van der Waals surface area (Å²) in [4.78, 5) is 78.5. The number of H-pyrrole nitrogens is 1. The molecule has 0 saturated carbocycles. The fourth-order valence-electron chi connectivity index (χ4n) is 8.70. The number of nitrogens with zero attached hydrogens (tertiary/aromatic N) is 4. The van der Waals surface area contributed by atoms with Crippen molar-refractivity contribution in [1.82, 2.24) is 25.1 Å². The van der Waals surface area contributed by atoms with E-state index in [4.69, 9.17) is 9.47 Å². The van der Waals surface area contributed by atoms with Gasteiger partial charge < -0.3 is 30.0 Å². The maximum atomic E-state index is 14.5. The van der Waals surface area contributed by atoms with E-state index in [0.717, 1.165) is 32.7 Å². The number of aromatic nitrogens is 2. The number of ether oxygens (including phenoxy) is 2. The molecule has 4 atom stereocenters. The molecule has 0 spiro atoms. The van der Waals surface area contributed by atoms with Crippen molar-refractivity contribution in [3.63, 3.8) is 0 Å². The number of alkyl carbamates (subject to hydrolysis) is 1. The largest absolute Gasteiger partial charge is 0.453 e. The Kier molecular flexibility index (Phi) is 10.6. The molecule has 314 valence electrons. The van der Waals surface area contributed by atoms with Gasteiger partial charge in [0.05, 0.1) is 37.3 Å². The predicted octanol–water partition coefficient (Wildman–Crippen LogP) is 6.62. The van der Waals surface area contributed by atoms with Gasteiger partial charge in [-0.05, 0) is 86.4 Å². The fraction of sp³-hybridized carbons (Fsp3) is 0.409. The minimum Gasteiger partial charge on any atom is -0.453 e. The number of halogens is 2. The normalized spacial score (nSPS) is 22.0. The van der Waals surface area contributed by atoms with Crippen molar-refractivity contribution in [2.75, 3.05) is 30.4 Å². The summed E-state index contributed by atoms with van der Waals surface area (Å²) in [6, 6.07) is 17.3. The maximum absolute atomic E-state index is 14.5. The number of carbonyl (C=O) groups excluding carboxylic acids is 5. The van der Waals surface area contributed by atoms with Crippen LogP contribution in [0.4, 0.5) is 29.7 Å². The molecule has 2 fully saturated rings. The Morgan fingerprint density at radius 2 is 1.58 bits per heavy atom. The van der Waals surface area contributed by atoms with Crippen LogP contribution in [0.1, 0.15) is 69.4 Å². The smallest absolute Gasteiger partial charge is 0.411 e. The molecule has 3 N–H and O–H groups in total. The van der Waals surface area contributed by atoms with Crippen molar-refractivity contribution in [2.45, 2.75) is 95.0 Å². The van der Waals surface area contributed by atoms with E-state index in [1.807, 2.05) is 54.6 Å². The molecule has 60 heavy (non-hydrogen) atoms. The van der Waals surface area contributed by atoms with Gasteiger partial charge in [0.1, 0.15) is 29.6 Å². The zero-order valence-electron chi connectivity index (χ0n) is 33.8. The fourth-order valence-corrected chi connectivity index (χ4v) is 8.70. The van der Waals surface area contributed by atoms with Gasteiger partial charge in [0.2, 0.25) is 17.7 Å². The van der Waals surface area contributed by atoms with Crippen molar-refractivity contribution in [1.29, 1.82) is 0 Å². The second-order valence-corrected chi connectivity index (χ2v) is 16.8. The number of aryl methyl sites for hydroxylation is 1. The van der Waals surface area contributed by atoms with Gasteiger partial charge >= 0.3 is 12.2 Å². The predicted molar refractivity (Wildman–Crippen MR) is 217 cm³/mol. The highest BCUT2D eigenvalue weighted by molar-refractivity contribution is 6.08.